The van der Waals surface area contributed by atoms with Gasteiger partial charge in [-0.3, -0.25) is 4.57 Å². The van der Waals surface area contributed by atoms with Gasteiger partial charge in [-0.1, -0.05) is 12.8 Å². The van der Waals surface area contributed by atoms with E-state index in [1.807, 2.05) is 0 Å². The number of nitrogens with two attached hydrogens (primary N) is 1. The predicted molar refractivity (Wildman–Crippen MR) is 36.6 cm³/mol. The largest absolute Gasteiger partial charge is 0.345 e. The minimum Gasteiger partial charge on any atom is -0.345 e. The Morgan fingerprint density at radius 2 is 1.89 bits per heavy atom. The van der Waals surface area contributed by atoms with E-state index in [0.717, 1.165) is 25.7 Å². The molecule has 0 amide bonds. The minimum absolute atomic E-state index is 0.704. The summed E-state index contributed by atoms with van der Waals surface area (Å²) in [5.74, 6) is 0. The maximum Gasteiger partial charge on any atom is 0.208 e. The average Bonchev–Trinajstić information content (AvgIpc) is 2.16. The third-order valence-electron chi connectivity index (χ3n) is 1.92. The van der Waals surface area contributed by atoms with Crippen LogP contribution in [0.25, 0.3) is 0 Å². The zero-order valence-electron chi connectivity index (χ0n) is 5.26. The van der Waals surface area contributed by atoms with Gasteiger partial charge in [-0.15, -0.1) is 0 Å². The molecule has 0 bridgehead atoms. The normalized spacial score (nSPS) is 28.2. The van der Waals surface area contributed by atoms with Crippen LogP contribution in [-0.4, -0.2) is 10.2 Å². The summed E-state index contributed by atoms with van der Waals surface area (Å²) < 4.78 is 10.6. The number of hydrogen-bond acceptors (Lipinski definition) is 2. The van der Waals surface area contributed by atoms with Crippen molar-refractivity contribution in [2.75, 3.05) is 0 Å². The Kier molecular flexibility index (Phi) is 1.94. The second kappa shape index (κ2) is 2.41. The molecule has 3 N–H and O–H groups in total. The van der Waals surface area contributed by atoms with Crippen molar-refractivity contribution in [3.63, 3.8) is 0 Å². The maximum absolute atomic E-state index is 10.6. The van der Waals surface area contributed by atoms with E-state index < -0.39 is 13.3 Å². The second-order valence-corrected chi connectivity index (χ2v) is 4.27. The third-order valence-corrected chi connectivity index (χ3v) is 3.27. The van der Waals surface area contributed by atoms with Crippen molar-refractivity contribution in [3.05, 3.63) is 0 Å². The molecule has 9 heavy (non-hydrogen) atoms. The first kappa shape index (κ1) is 7.26. The van der Waals surface area contributed by atoms with E-state index in [9.17, 15) is 4.57 Å². The molecule has 0 heterocycles. The van der Waals surface area contributed by atoms with Crippen molar-refractivity contribution in [1.29, 1.82) is 0 Å². The molecule has 0 spiro atoms. The summed E-state index contributed by atoms with van der Waals surface area (Å²) in [5, 5.41) is -0.704. The highest BCUT2D eigenvalue weighted by atomic mass is 31.1. The van der Waals surface area contributed by atoms with E-state index >= 15 is 0 Å². The fourth-order valence-electron chi connectivity index (χ4n) is 1.22. The van der Waals surface area contributed by atoms with E-state index in [-0.39, 0.29) is 0 Å². The summed E-state index contributed by atoms with van der Waals surface area (Å²) in [6.45, 7) is 0. The van der Waals surface area contributed by atoms with Crippen LogP contribution in [0.5, 0.6) is 0 Å². The second-order valence-electron chi connectivity index (χ2n) is 2.67. The first-order valence-electron chi connectivity index (χ1n) is 3.17. The first-order valence-corrected chi connectivity index (χ1v) is 4.53. The molecule has 3 nitrogen and oxygen atoms in total. The van der Waals surface area contributed by atoms with Gasteiger partial charge in [0.15, 0.2) is 0 Å². The Morgan fingerprint density at radius 1 is 1.44 bits per heavy atom. The molecule has 1 unspecified atom stereocenters. The van der Waals surface area contributed by atoms with Crippen LogP contribution in [0.3, 0.4) is 0 Å². The van der Waals surface area contributed by atoms with Crippen LogP contribution in [0.1, 0.15) is 25.7 Å². The smallest absolute Gasteiger partial charge is 0.208 e. The molecule has 0 aromatic rings. The number of rotatable bonds is 1. The van der Waals surface area contributed by atoms with Gasteiger partial charge in [0.1, 0.15) is 0 Å². The minimum atomic E-state index is -2.48. The Labute approximate surface area is 55.1 Å². The molecule has 0 aromatic heterocycles. The van der Waals surface area contributed by atoms with Crippen molar-refractivity contribution in [2.45, 2.75) is 31.0 Å². The Hall–Kier alpha value is 0.150. The molecule has 1 aliphatic rings. The van der Waals surface area contributed by atoms with Crippen molar-refractivity contribution in [1.82, 2.24) is 0 Å². The summed E-state index contributed by atoms with van der Waals surface area (Å²) in [6.07, 6.45) is 3.46. The molecule has 1 aliphatic carbocycles. The number of hydrogen-bond donors (Lipinski definition) is 2. The summed E-state index contributed by atoms with van der Waals surface area (Å²) in [5.41, 5.74) is 5.58. The van der Waals surface area contributed by atoms with E-state index in [4.69, 9.17) is 10.6 Å². The van der Waals surface area contributed by atoms with Crippen LogP contribution < -0.4 is 5.73 Å². The monoisotopic (exact) mass is 149 g/mol. The van der Waals surface area contributed by atoms with Crippen LogP contribution in [0, 0.1) is 0 Å². The van der Waals surface area contributed by atoms with Gasteiger partial charge >= 0.3 is 0 Å². The van der Waals surface area contributed by atoms with Gasteiger partial charge in [0.25, 0.3) is 0 Å². The SMILES string of the molecule is NC1([PH](=O)O)CCCC1. The zero-order chi connectivity index (χ0) is 6.91. The molecule has 1 saturated carbocycles. The maximum atomic E-state index is 10.6. The van der Waals surface area contributed by atoms with Crippen LogP contribution in [0.15, 0.2) is 0 Å². The fraction of sp³-hybridized carbons (Fsp3) is 1.00. The molecule has 4 heteroatoms. The molecule has 1 fully saturated rings. The molecule has 1 atom stereocenters. The van der Waals surface area contributed by atoms with Gasteiger partial charge in [-0.2, -0.15) is 0 Å². The third kappa shape index (κ3) is 1.34. The summed E-state index contributed by atoms with van der Waals surface area (Å²) in [7, 11) is -2.48. The standard InChI is InChI=1S/C5H12NO2P/c6-5(9(7)8)3-1-2-4-5/h9H,1-4,6H2,(H,7,8). The van der Waals surface area contributed by atoms with Gasteiger partial charge in [0.2, 0.25) is 8.03 Å². The van der Waals surface area contributed by atoms with Crippen LogP contribution in [0.2, 0.25) is 0 Å². The van der Waals surface area contributed by atoms with Crippen molar-refractivity contribution in [2.24, 2.45) is 5.73 Å². The molecule has 0 saturated heterocycles. The summed E-state index contributed by atoms with van der Waals surface area (Å²) >= 11 is 0. The quantitative estimate of drug-likeness (QED) is 0.539. The van der Waals surface area contributed by atoms with Gasteiger partial charge in [-0.05, 0) is 12.8 Å². The fourth-order valence-corrected chi connectivity index (χ4v) is 2.00. The highest BCUT2D eigenvalue weighted by Crippen LogP contribution is 2.43. The van der Waals surface area contributed by atoms with Crippen LogP contribution in [0.4, 0.5) is 0 Å². The highest BCUT2D eigenvalue weighted by molar-refractivity contribution is 7.40. The lowest BCUT2D eigenvalue weighted by Gasteiger charge is -2.17. The van der Waals surface area contributed by atoms with E-state index in [0.29, 0.717) is 0 Å². The van der Waals surface area contributed by atoms with E-state index in [2.05, 4.69) is 0 Å². The summed E-state index contributed by atoms with van der Waals surface area (Å²) in [4.78, 5) is 8.73. The van der Waals surface area contributed by atoms with Crippen molar-refractivity contribution in [3.8, 4) is 0 Å². The molecule has 0 aliphatic heterocycles. The van der Waals surface area contributed by atoms with Gasteiger partial charge in [0.05, 0.1) is 5.28 Å². The van der Waals surface area contributed by atoms with Crippen molar-refractivity contribution >= 4 is 8.03 Å². The van der Waals surface area contributed by atoms with Crippen LogP contribution in [-0.2, 0) is 4.57 Å². The molecule has 1 rings (SSSR count). The first-order chi connectivity index (χ1) is 4.15. The van der Waals surface area contributed by atoms with E-state index in [1.54, 1.807) is 0 Å². The zero-order valence-corrected chi connectivity index (χ0v) is 6.26. The van der Waals surface area contributed by atoms with Gasteiger partial charge in [0, 0.05) is 0 Å². The summed E-state index contributed by atoms with van der Waals surface area (Å²) in [6, 6.07) is 0. The molecular weight excluding hydrogens is 137 g/mol. The molecule has 0 aromatic carbocycles. The van der Waals surface area contributed by atoms with Gasteiger partial charge < -0.3 is 10.6 Å². The van der Waals surface area contributed by atoms with E-state index in [1.165, 1.54) is 0 Å². The molecule has 54 valence electrons. The molecular formula is C5H12NO2P. The molecule has 0 radical (unpaired) electrons. The highest BCUT2D eigenvalue weighted by Gasteiger charge is 2.34. The average molecular weight is 149 g/mol. The lowest BCUT2D eigenvalue weighted by atomic mass is 10.3. The van der Waals surface area contributed by atoms with Gasteiger partial charge in [-0.25, -0.2) is 0 Å². The van der Waals surface area contributed by atoms with Crippen molar-refractivity contribution < 1.29 is 9.46 Å². The predicted octanol–water partition coefficient (Wildman–Crippen LogP) is 0.682. The topological polar surface area (TPSA) is 63.3 Å². The van der Waals surface area contributed by atoms with Crippen LogP contribution >= 0.6 is 8.03 Å². The lowest BCUT2D eigenvalue weighted by Crippen LogP contribution is -2.31. The Bertz CT molecular complexity index is 131. The lowest BCUT2D eigenvalue weighted by molar-refractivity contribution is 0.448. The Morgan fingerprint density at radius 3 is 2.11 bits per heavy atom. The Balaban J connectivity index is 2.61.